The fraction of sp³-hybridized carbons (Fsp3) is 0.947. The molecule has 1 unspecified atom stereocenters. The molecule has 10 atom stereocenters. The van der Waals surface area contributed by atoms with Gasteiger partial charge in [0.05, 0.1) is 6.10 Å². The first kappa shape index (κ1) is 51.8. The Labute approximate surface area is 375 Å². The fourth-order valence-corrected chi connectivity index (χ4v) is 14.9. The van der Waals surface area contributed by atoms with Gasteiger partial charge in [0.15, 0.2) is 0 Å². The molecule has 0 aromatic carbocycles. The third kappa shape index (κ3) is 13.6. The average Bonchev–Trinajstić information content (AvgIpc) is 3.49. The minimum Gasteiger partial charge on any atom is -0.462 e. The van der Waals surface area contributed by atoms with Gasteiger partial charge in [-0.25, -0.2) is 0 Å². The number of ether oxygens (including phenoxy) is 1. The van der Waals surface area contributed by atoms with Gasteiger partial charge in [0.1, 0.15) is 6.10 Å². The minimum absolute atomic E-state index is 0.0100. The van der Waals surface area contributed by atoms with Gasteiger partial charge in [-0.3, -0.25) is 4.79 Å². The molecule has 4 aliphatic rings. The number of unbranched alkanes of at least 4 members (excludes halogenated alkanes) is 23. The van der Waals surface area contributed by atoms with Crippen molar-refractivity contribution in [2.75, 3.05) is 0 Å². The average molecular weight is 837 g/mol. The largest absolute Gasteiger partial charge is 0.462 e. The Morgan fingerprint density at radius 1 is 0.617 bits per heavy atom. The molecule has 0 aliphatic heterocycles. The summed E-state index contributed by atoms with van der Waals surface area (Å²) in [6, 6.07) is 0. The Kier molecular flexibility index (Phi) is 22.1. The molecule has 1 N–H and O–H groups in total. The van der Waals surface area contributed by atoms with Crippen LogP contribution in [-0.4, -0.2) is 23.3 Å². The summed E-state index contributed by atoms with van der Waals surface area (Å²) in [6.45, 7) is 23.7. The number of carbonyl (C=O) groups excluding carboxylic acids is 1. The number of hydrogen-bond acceptors (Lipinski definition) is 3. The predicted molar refractivity (Wildman–Crippen MR) is 259 cm³/mol. The number of aliphatic hydroxyl groups excluding tert-OH is 1. The third-order valence-corrected chi connectivity index (χ3v) is 19.0. The number of allylic oxidation sites excluding steroid dienone is 1. The van der Waals surface area contributed by atoms with Crippen molar-refractivity contribution >= 4 is 5.97 Å². The smallest absolute Gasteiger partial charge is 0.306 e. The van der Waals surface area contributed by atoms with E-state index >= 15 is 0 Å². The van der Waals surface area contributed by atoms with Crippen LogP contribution in [0.25, 0.3) is 0 Å². The Hall–Kier alpha value is -0.830. The summed E-state index contributed by atoms with van der Waals surface area (Å²) in [7, 11) is 0. The zero-order chi connectivity index (χ0) is 43.7. The lowest BCUT2D eigenvalue weighted by atomic mass is 9.37. The molecular formula is C57H104O3. The van der Waals surface area contributed by atoms with Gasteiger partial charge in [0, 0.05) is 18.3 Å². The number of hydrogen-bond donors (Lipinski definition) is 1. The predicted octanol–water partition coefficient (Wildman–Crippen LogP) is 17.7. The highest BCUT2D eigenvalue weighted by molar-refractivity contribution is 5.69. The van der Waals surface area contributed by atoms with Crippen LogP contribution >= 0.6 is 0 Å². The van der Waals surface area contributed by atoms with E-state index < -0.39 is 6.10 Å². The van der Waals surface area contributed by atoms with Gasteiger partial charge < -0.3 is 9.84 Å². The lowest BCUT2D eigenvalue weighted by Gasteiger charge is -2.68. The Morgan fingerprint density at radius 3 is 1.57 bits per heavy atom. The van der Waals surface area contributed by atoms with Gasteiger partial charge in [0.2, 0.25) is 0 Å². The van der Waals surface area contributed by atoms with Gasteiger partial charge >= 0.3 is 5.97 Å². The lowest BCUT2D eigenvalue weighted by Crippen LogP contribution is -2.66. The van der Waals surface area contributed by atoms with Crippen molar-refractivity contribution in [3.63, 3.8) is 0 Å². The van der Waals surface area contributed by atoms with Crippen molar-refractivity contribution in [2.24, 2.45) is 51.2 Å². The maximum Gasteiger partial charge on any atom is 0.306 e. The maximum absolute atomic E-state index is 13.6. The van der Waals surface area contributed by atoms with Crippen molar-refractivity contribution in [3.8, 4) is 0 Å². The molecule has 0 heterocycles. The summed E-state index contributed by atoms with van der Waals surface area (Å²) in [5.41, 5.74) is 1.79. The summed E-state index contributed by atoms with van der Waals surface area (Å²) < 4.78 is 6.62. The van der Waals surface area contributed by atoms with Crippen molar-refractivity contribution < 1.29 is 14.6 Å². The van der Waals surface area contributed by atoms with Crippen molar-refractivity contribution in [1.82, 2.24) is 0 Å². The van der Waals surface area contributed by atoms with Gasteiger partial charge in [-0.15, -0.1) is 6.58 Å². The number of fused-ring (bicyclic) bond motifs is 5. The molecule has 350 valence electrons. The molecule has 60 heavy (non-hydrogen) atoms. The molecule has 3 heteroatoms. The second-order valence-corrected chi connectivity index (χ2v) is 23.5. The first-order chi connectivity index (χ1) is 28.7. The van der Waals surface area contributed by atoms with E-state index in [9.17, 15) is 9.90 Å². The van der Waals surface area contributed by atoms with E-state index in [0.29, 0.717) is 41.4 Å². The third-order valence-electron chi connectivity index (χ3n) is 19.0. The van der Waals surface area contributed by atoms with Crippen molar-refractivity contribution in [3.05, 3.63) is 12.2 Å². The molecule has 4 aliphatic carbocycles. The normalized spacial score (nSPS) is 32.5. The van der Waals surface area contributed by atoms with Crippen LogP contribution in [0, 0.1) is 51.2 Å². The van der Waals surface area contributed by atoms with E-state index in [1.165, 1.54) is 192 Å². The van der Waals surface area contributed by atoms with E-state index in [0.717, 1.165) is 37.5 Å². The molecular weight excluding hydrogens is 733 g/mol. The molecule has 0 saturated heterocycles. The lowest BCUT2D eigenvalue weighted by molar-refractivity contribution is -0.247. The second kappa shape index (κ2) is 25.6. The Bertz CT molecular complexity index is 1220. The highest BCUT2D eigenvalue weighted by Gasteiger charge is 2.70. The molecule has 0 spiro atoms. The summed E-state index contributed by atoms with van der Waals surface area (Å²) in [4.78, 5) is 13.6. The zero-order valence-corrected chi connectivity index (χ0v) is 41.8. The van der Waals surface area contributed by atoms with Gasteiger partial charge in [-0.1, -0.05) is 208 Å². The van der Waals surface area contributed by atoms with E-state index in [4.69, 9.17) is 4.74 Å². The molecule has 0 radical (unpaired) electrons. The summed E-state index contributed by atoms with van der Waals surface area (Å²) in [5.74, 6) is 3.15. The summed E-state index contributed by atoms with van der Waals surface area (Å²) in [6.07, 6.45) is 45.2. The maximum atomic E-state index is 13.6. The zero-order valence-electron chi connectivity index (χ0n) is 41.8. The van der Waals surface area contributed by atoms with Crippen LogP contribution in [0.3, 0.4) is 0 Å². The minimum atomic E-state index is -0.422. The van der Waals surface area contributed by atoms with Crippen LogP contribution < -0.4 is 0 Å². The first-order valence-corrected chi connectivity index (χ1v) is 27.2. The standard InChI is InChI=1S/C57H104O3/c1-10-11-12-13-14-15-16-17-18-19-20-21-22-23-24-25-26-27-28-29-30-31-32-33-37-53(59)60-52-44-51(58)54(5,6)50-39-38-48-49(57(50,52)9)41-43-55(7)47(40-42-56(48,55)8)46(4)36-34-35-45(2)3/h46-52,58H,2,10-44H2,1,3-9H3/t46-,47+,48-,49+,50+,51-,52?,55+,56-,57-/m1/s1. The van der Waals surface area contributed by atoms with Crippen molar-refractivity contribution in [2.45, 2.75) is 292 Å². The number of aliphatic hydroxyl groups is 1. The SMILES string of the molecule is C=C(C)CCC[C@@H](C)[C@@H]1CC[C@]2(C)[C@@H]3CC[C@H]4C(C)(C)[C@H](O)CC(OC(=O)CCCCCCCCCCCCCCCCCCCCCCCCCC)[C@]4(C)[C@H]3CC[C@@]12C. The topological polar surface area (TPSA) is 46.5 Å². The molecule has 0 bridgehead atoms. The number of esters is 1. The van der Waals surface area contributed by atoms with Crippen LogP contribution in [0.1, 0.15) is 280 Å². The molecule has 4 fully saturated rings. The first-order valence-electron chi connectivity index (χ1n) is 27.2. The van der Waals surface area contributed by atoms with Gasteiger partial charge in [-0.2, -0.15) is 0 Å². The Balaban J connectivity index is 1.09. The van der Waals surface area contributed by atoms with Crippen molar-refractivity contribution in [1.29, 1.82) is 0 Å². The molecule has 0 aromatic heterocycles. The van der Waals surface area contributed by atoms with Crippen LogP contribution in [-0.2, 0) is 9.53 Å². The van der Waals surface area contributed by atoms with Crippen LogP contribution in [0.15, 0.2) is 12.2 Å². The quantitative estimate of drug-likeness (QED) is 0.0430. The molecule has 0 amide bonds. The van der Waals surface area contributed by atoms with Gasteiger partial charge in [-0.05, 0) is 111 Å². The second-order valence-electron chi connectivity index (χ2n) is 23.5. The molecule has 3 nitrogen and oxygen atoms in total. The fourth-order valence-electron chi connectivity index (χ4n) is 14.9. The van der Waals surface area contributed by atoms with Crippen LogP contribution in [0.5, 0.6) is 0 Å². The van der Waals surface area contributed by atoms with E-state index in [1.807, 2.05) is 0 Å². The van der Waals surface area contributed by atoms with E-state index in [1.54, 1.807) is 0 Å². The summed E-state index contributed by atoms with van der Waals surface area (Å²) >= 11 is 0. The van der Waals surface area contributed by atoms with Gasteiger partial charge in [0.25, 0.3) is 0 Å². The Morgan fingerprint density at radius 2 is 1.08 bits per heavy atom. The number of carbonyl (C=O) groups is 1. The van der Waals surface area contributed by atoms with E-state index in [-0.39, 0.29) is 22.9 Å². The van der Waals surface area contributed by atoms with Crippen LogP contribution in [0.2, 0.25) is 0 Å². The van der Waals surface area contributed by atoms with Crippen LogP contribution in [0.4, 0.5) is 0 Å². The summed E-state index contributed by atoms with van der Waals surface area (Å²) in [5, 5.41) is 11.6. The number of rotatable bonds is 31. The van der Waals surface area contributed by atoms with E-state index in [2.05, 4.69) is 62.0 Å². The monoisotopic (exact) mass is 837 g/mol. The molecule has 4 saturated carbocycles. The molecule has 4 rings (SSSR count). The highest BCUT2D eigenvalue weighted by Crippen LogP contribution is 2.75. The highest BCUT2D eigenvalue weighted by atomic mass is 16.5. The molecule has 0 aromatic rings.